The van der Waals surface area contributed by atoms with Crippen LogP contribution in [0.25, 0.3) is 0 Å². The average Bonchev–Trinajstić information content (AvgIpc) is 2.29. The summed E-state index contributed by atoms with van der Waals surface area (Å²) >= 11 is 0. The molecule has 1 saturated heterocycles. The van der Waals surface area contributed by atoms with Crippen LogP contribution < -0.4 is 10.1 Å². The van der Waals surface area contributed by atoms with Gasteiger partial charge in [0.05, 0.1) is 19.3 Å². The Morgan fingerprint density at radius 1 is 1.38 bits per heavy atom. The lowest BCUT2D eigenvalue weighted by Crippen LogP contribution is -2.38. The highest BCUT2D eigenvalue weighted by Crippen LogP contribution is 2.26. The third kappa shape index (κ3) is 2.36. The lowest BCUT2D eigenvalue weighted by molar-refractivity contribution is -0.0287. The van der Waals surface area contributed by atoms with E-state index in [4.69, 9.17) is 9.47 Å². The molecule has 2 atom stereocenters. The van der Waals surface area contributed by atoms with Crippen molar-refractivity contribution < 1.29 is 9.47 Å². The maximum absolute atomic E-state index is 5.90. The van der Waals surface area contributed by atoms with Crippen LogP contribution in [0.5, 0.6) is 5.75 Å². The molecular formula is C13H19NO2. The fraction of sp³-hybridized carbons (Fsp3) is 0.538. The predicted octanol–water partition coefficient (Wildman–Crippen LogP) is 2.05. The van der Waals surface area contributed by atoms with E-state index in [1.807, 2.05) is 6.07 Å². The standard InChI is InChI=1S/C13H19NO2/c1-9-6-11(4-5-12(9)15-3)13-8-14-7-10(2)16-13/h4-6,10,13-14H,7-8H2,1-3H3. The summed E-state index contributed by atoms with van der Waals surface area (Å²) in [6.45, 7) is 5.97. The van der Waals surface area contributed by atoms with E-state index in [1.165, 1.54) is 5.56 Å². The first-order chi connectivity index (χ1) is 7.70. The first-order valence-electron chi connectivity index (χ1n) is 5.71. The van der Waals surface area contributed by atoms with Gasteiger partial charge in [0, 0.05) is 13.1 Å². The monoisotopic (exact) mass is 221 g/mol. The van der Waals surface area contributed by atoms with E-state index in [-0.39, 0.29) is 12.2 Å². The first-order valence-corrected chi connectivity index (χ1v) is 5.71. The maximum atomic E-state index is 5.90. The number of ether oxygens (including phenoxy) is 2. The molecule has 0 spiro atoms. The largest absolute Gasteiger partial charge is 0.496 e. The molecule has 2 unspecified atom stereocenters. The molecule has 1 aromatic carbocycles. The second kappa shape index (κ2) is 4.85. The highest BCUT2D eigenvalue weighted by molar-refractivity contribution is 5.37. The van der Waals surface area contributed by atoms with Crippen LogP contribution >= 0.6 is 0 Å². The van der Waals surface area contributed by atoms with Crippen LogP contribution in [0.3, 0.4) is 0 Å². The Kier molecular flexibility index (Phi) is 3.46. The summed E-state index contributed by atoms with van der Waals surface area (Å²) in [6, 6.07) is 6.23. The molecule has 3 heteroatoms. The Balaban J connectivity index is 2.17. The summed E-state index contributed by atoms with van der Waals surface area (Å²) in [7, 11) is 1.70. The molecule has 2 rings (SSSR count). The number of benzene rings is 1. The molecule has 16 heavy (non-hydrogen) atoms. The fourth-order valence-electron chi connectivity index (χ4n) is 2.09. The van der Waals surface area contributed by atoms with Gasteiger partial charge >= 0.3 is 0 Å². The van der Waals surface area contributed by atoms with Crippen molar-refractivity contribution in [1.29, 1.82) is 0 Å². The number of methoxy groups -OCH3 is 1. The second-order valence-corrected chi connectivity index (χ2v) is 4.32. The minimum absolute atomic E-state index is 0.161. The zero-order chi connectivity index (χ0) is 11.5. The van der Waals surface area contributed by atoms with E-state index in [0.29, 0.717) is 0 Å². The molecule has 0 saturated carbocycles. The van der Waals surface area contributed by atoms with Gasteiger partial charge in [-0.1, -0.05) is 6.07 Å². The van der Waals surface area contributed by atoms with Crippen LogP contribution in [0.15, 0.2) is 18.2 Å². The minimum Gasteiger partial charge on any atom is -0.496 e. The Bertz CT molecular complexity index is 365. The van der Waals surface area contributed by atoms with E-state index >= 15 is 0 Å². The lowest BCUT2D eigenvalue weighted by atomic mass is 10.0. The van der Waals surface area contributed by atoms with Crippen LogP contribution in [0, 0.1) is 6.92 Å². The van der Waals surface area contributed by atoms with Gasteiger partial charge in [0.25, 0.3) is 0 Å². The molecule has 88 valence electrons. The molecule has 1 heterocycles. The van der Waals surface area contributed by atoms with E-state index in [1.54, 1.807) is 7.11 Å². The Hall–Kier alpha value is -1.06. The van der Waals surface area contributed by atoms with Gasteiger partial charge in [0.1, 0.15) is 5.75 Å². The van der Waals surface area contributed by atoms with Gasteiger partial charge in [-0.3, -0.25) is 0 Å². The van der Waals surface area contributed by atoms with Gasteiger partial charge < -0.3 is 14.8 Å². The highest BCUT2D eigenvalue weighted by atomic mass is 16.5. The molecule has 0 bridgehead atoms. The SMILES string of the molecule is COc1ccc(C2CNCC(C)O2)cc1C. The molecule has 0 aliphatic carbocycles. The van der Waals surface area contributed by atoms with Crippen LogP contribution in [0.1, 0.15) is 24.2 Å². The van der Waals surface area contributed by atoms with Crippen molar-refractivity contribution in [3.8, 4) is 5.75 Å². The average molecular weight is 221 g/mol. The van der Waals surface area contributed by atoms with Gasteiger partial charge in [-0.05, 0) is 37.1 Å². The summed E-state index contributed by atoms with van der Waals surface area (Å²) in [5.41, 5.74) is 2.37. The van der Waals surface area contributed by atoms with Gasteiger partial charge in [0.2, 0.25) is 0 Å². The molecule has 1 fully saturated rings. The normalized spacial score (nSPS) is 25.4. The molecule has 0 aromatic heterocycles. The quantitative estimate of drug-likeness (QED) is 0.829. The van der Waals surface area contributed by atoms with Crippen LogP contribution in [0.2, 0.25) is 0 Å². The summed E-state index contributed by atoms with van der Waals surface area (Å²) < 4.78 is 11.1. The summed E-state index contributed by atoms with van der Waals surface area (Å²) in [6.07, 6.45) is 0.439. The minimum atomic E-state index is 0.161. The Labute approximate surface area is 96.8 Å². The van der Waals surface area contributed by atoms with Crippen LogP contribution in [-0.2, 0) is 4.74 Å². The van der Waals surface area contributed by atoms with E-state index in [0.717, 1.165) is 24.4 Å². The number of nitrogens with one attached hydrogen (secondary N) is 1. The zero-order valence-corrected chi connectivity index (χ0v) is 10.1. The van der Waals surface area contributed by atoms with Crippen molar-refractivity contribution in [2.75, 3.05) is 20.2 Å². The van der Waals surface area contributed by atoms with Gasteiger partial charge in [-0.25, -0.2) is 0 Å². The first kappa shape index (κ1) is 11.4. The number of morpholine rings is 1. The van der Waals surface area contributed by atoms with Gasteiger partial charge in [-0.15, -0.1) is 0 Å². The number of aryl methyl sites for hydroxylation is 1. The fourth-order valence-corrected chi connectivity index (χ4v) is 2.09. The molecule has 1 aromatic rings. The molecule has 1 N–H and O–H groups in total. The molecule has 1 aliphatic rings. The van der Waals surface area contributed by atoms with Crippen LogP contribution in [-0.4, -0.2) is 26.3 Å². The maximum Gasteiger partial charge on any atom is 0.121 e. The van der Waals surface area contributed by atoms with E-state index in [2.05, 4.69) is 31.3 Å². The summed E-state index contributed by atoms with van der Waals surface area (Å²) in [5, 5.41) is 3.37. The molecular weight excluding hydrogens is 202 g/mol. The van der Waals surface area contributed by atoms with Gasteiger partial charge in [0.15, 0.2) is 0 Å². The number of rotatable bonds is 2. The predicted molar refractivity (Wildman–Crippen MR) is 63.9 cm³/mol. The number of hydrogen-bond donors (Lipinski definition) is 1. The molecule has 0 amide bonds. The van der Waals surface area contributed by atoms with Crippen molar-refractivity contribution in [2.24, 2.45) is 0 Å². The van der Waals surface area contributed by atoms with Gasteiger partial charge in [-0.2, -0.15) is 0 Å². The Morgan fingerprint density at radius 3 is 2.81 bits per heavy atom. The highest BCUT2D eigenvalue weighted by Gasteiger charge is 2.20. The number of hydrogen-bond acceptors (Lipinski definition) is 3. The summed E-state index contributed by atoms with van der Waals surface area (Å²) in [4.78, 5) is 0. The molecule has 3 nitrogen and oxygen atoms in total. The summed E-state index contributed by atoms with van der Waals surface area (Å²) in [5.74, 6) is 0.931. The second-order valence-electron chi connectivity index (χ2n) is 4.32. The topological polar surface area (TPSA) is 30.5 Å². The van der Waals surface area contributed by atoms with E-state index < -0.39 is 0 Å². The third-order valence-electron chi connectivity index (χ3n) is 2.95. The zero-order valence-electron chi connectivity index (χ0n) is 10.1. The van der Waals surface area contributed by atoms with Crippen molar-refractivity contribution in [3.05, 3.63) is 29.3 Å². The van der Waals surface area contributed by atoms with Crippen LogP contribution in [0.4, 0.5) is 0 Å². The Morgan fingerprint density at radius 2 is 2.19 bits per heavy atom. The molecule has 0 radical (unpaired) electrons. The van der Waals surface area contributed by atoms with Crippen molar-refractivity contribution in [1.82, 2.24) is 5.32 Å². The smallest absolute Gasteiger partial charge is 0.121 e. The van der Waals surface area contributed by atoms with E-state index in [9.17, 15) is 0 Å². The lowest BCUT2D eigenvalue weighted by Gasteiger charge is -2.29. The van der Waals surface area contributed by atoms with Crippen molar-refractivity contribution in [3.63, 3.8) is 0 Å². The van der Waals surface area contributed by atoms with Crippen molar-refractivity contribution in [2.45, 2.75) is 26.1 Å². The van der Waals surface area contributed by atoms with Crippen molar-refractivity contribution >= 4 is 0 Å². The third-order valence-corrected chi connectivity index (χ3v) is 2.95. The molecule has 1 aliphatic heterocycles.